The number of rotatable bonds is 65. The predicted octanol–water partition coefficient (Wildman–Crippen LogP) is 22.1. The Kier molecular flexibility index (Phi) is 64.4. The average Bonchev–Trinajstić information content (AvgIpc) is 3.42. The Labute approximate surface area is 475 Å². The highest BCUT2D eigenvalue weighted by Gasteiger charge is 2.18. The second kappa shape index (κ2) is 65.9. The van der Waals surface area contributed by atoms with E-state index in [-0.39, 0.29) is 18.5 Å². The minimum absolute atomic E-state index is 0.0170. The first-order chi connectivity index (χ1) is 37.5. The van der Waals surface area contributed by atoms with Crippen LogP contribution in [0.25, 0.3) is 0 Å². The van der Waals surface area contributed by atoms with Crippen LogP contribution in [-0.2, 0) is 14.3 Å². The summed E-state index contributed by atoms with van der Waals surface area (Å²) in [6, 6.07) is -0.623. The Bertz CT molecular complexity index is 1190. The van der Waals surface area contributed by atoms with Gasteiger partial charge in [-0.15, -0.1) is 0 Å². The minimum Gasteiger partial charge on any atom is -0.466 e. The van der Waals surface area contributed by atoms with E-state index < -0.39 is 12.1 Å². The van der Waals surface area contributed by atoms with Crippen LogP contribution in [0.15, 0.2) is 24.3 Å². The number of hydrogen-bond donors (Lipinski definition) is 3. The van der Waals surface area contributed by atoms with Gasteiger partial charge in [-0.1, -0.05) is 340 Å². The van der Waals surface area contributed by atoms with Gasteiger partial charge in [0.1, 0.15) is 0 Å². The van der Waals surface area contributed by atoms with Crippen LogP contribution in [0.1, 0.15) is 386 Å². The zero-order chi connectivity index (χ0) is 55.0. The average molecular weight is 1070 g/mol. The lowest BCUT2D eigenvalue weighted by molar-refractivity contribution is -0.143. The zero-order valence-electron chi connectivity index (χ0n) is 51.5. The molecule has 2 unspecified atom stereocenters. The van der Waals surface area contributed by atoms with Crippen LogP contribution in [-0.4, -0.2) is 47.4 Å². The van der Waals surface area contributed by atoms with Gasteiger partial charge in [-0.2, -0.15) is 0 Å². The summed E-state index contributed by atoms with van der Waals surface area (Å²) in [5, 5.41) is 23.1. The van der Waals surface area contributed by atoms with Gasteiger partial charge >= 0.3 is 5.97 Å². The van der Waals surface area contributed by atoms with Crippen molar-refractivity contribution >= 4 is 11.9 Å². The van der Waals surface area contributed by atoms with Gasteiger partial charge in [-0.25, -0.2) is 0 Å². The van der Waals surface area contributed by atoms with E-state index in [0.29, 0.717) is 19.4 Å². The quantitative estimate of drug-likeness (QED) is 0.0320. The molecule has 0 aliphatic carbocycles. The molecule has 0 bridgehead atoms. The molecule has 0 aliphatic heterocycles. The molecule has 0 aromatic heterocycles. The van der Waals surface area contributed by atoms with E-state index in [1.165, 1.54) is 315 Å². The highest BCUT2D eigenvalue weighted by atomic mass is 16.5. The molecule has 76 heavy (non-hydrogen) atoms. The van der Waals surface area contributed by atoms with Crippen molar-refractivity contribution in [3.05, 3.63) is 24.3 Å². The monoisotopic (exact) mass is 1070 g/mol. The Hall–Kier alpha value is -1.66. The third-order valence-electron chi connectivity index (χ3n) is 16.2. The van der Waals surface area contributed by atoms with Gasteiger partial charge in [-0.3, -0.25) is 9.59 Å². The summed E-state index contributed by atoms with van der Waals surface area (Å²) >= 11 is 0. The van der Waals surface area contributed by atoms with E-state index in [9.17, 15) is 19.8 Å². The Morgan fingerprint density at radius 3 is 0.934 bits per heavy atom. The Morgan fingerprint density at radius 2 is 0.618 bits per heavy atom. The van der Waals surface area contributed by atoms with Gasteiger partial charge in [0.2, 0.25) is 5.91 Å². The van der Waals surface area contributed by atoms with Crippen molar-refractivity contribution in [3.63, 3.8) is 0 Å². The van der Waals surface area contributed by atoms with E-state index in [1.54, 1.807) is 6.08 Å². The lowest BCUT2D eigenvalue weighted by Crippen LogP contribution is -2.45. The number of unbranched alkanes of at least 4 members (excludes halogenated alkanes) is 52. The number of amides is 1. The molecule has 0 aromatic rings. The lowest BCUT2D eigenvalue weighted by atomic mass is 10.0. The van der Waals surface area contributed by atoms with Crippen LogP contribution < -0.4 is 5.32 Å². The van der Waals surface area contributed by atoms with Gasteiger partial charge in [0.25, 0.3) is 0 Å². The molecule has 0 saturated carbocycles. The highest BCUT2D eigenvalue weighted by Crippen LogP contribution is 2.19. The molecule has 3 N–H and O–H groups in total. The van der Waals surface area contributed by atoms with Crippen molar-refractivity contribution < 1.29 is 24.5 Å². The first-order valence-electron chi connectivity index (χ1n) is 34.6. The maximum atomic E-state index is 12.5. The maximum absolute atomic E-state index is 12.5. The molecule has 1 amide bonds. The van der Waals surface area contributed by atoms with E-state index in [2.05, 4.69) is 31.3 Å². The van der Waals surface area contributed by atoms with Crippen molar-refractivity contribution in [2.75, 3.05) is 13.2 Å². The standard InChI is InChI=1S/C70H135NO5/c1-3-5-7-9-11-13-15-17-18-33-37-40-44-48-52-56-60-64-70(75)76-65-61-57-53-49-45-41-38-35-32-30-28-26-24-22-20-19-21-23-25-27-29-31-34-36-39-43-47-51-55-59-63-69(74)71-67(66-72)68(73)62-58-54-50-46-42-16-14-12-10-8-6-4-2/h17-18,58,62,67-68,72-73H,3-16,19-57,59-61,63-66H2,1-2H3,(H,71,74)/b18-17-,62-58+. The largest absolute Gasteiger partial charge is 0.466 e. The Balaban J connectivity index is 3.32. The molecule has 6 nitrogen and oxygen atoms in total. The second-order valence-corrected chi connectivity index (χ2v) is 23.9. The normalized spacial score (nSPS) is 12.6. The Morgan fingerprint density at radius 1 is 0.355 bits per heavy atom. The number of aliphatic hydroxyl groups is 2. The van der Waals surface area contributed by atoms with Gasteiger partial charge in [0, 0.05) is 12.8 Å². The summed E-state index contributed by atoms with van der Waals surface area (Å²) in [6.07, 6.45) is 82.6. The molecule has 0 fully saturated rings. The van der Waals surface area contributed by atoms with Crippen molar-refractivity contribution in [2.45, 2.75) is 398 Å². The topological polar surface area (TPSA) is 95.9 Å². The number of carbonyl (C=O) groups excluding carboxylic acids is 2. The van der Waals surface area contributed by atoms with E-state index in [0.717, 1.165) is 44.9 Å². The van der Waals surface area contributed by atoms with Crippen LogP contribution >= 0.6 is 0 Å². The third-order valence-corrected chi connectivity index (χ3v) is 16.2. The second-order valence-electron chi connectivity index (χ2n) is 23.9. The van der Waals surface area contributed by atoms with Crippen LogP contribution in [0.3, 0.4) is 0 Å². The summed E-state index contributed by atoms with van der Waals surface area (Å²) in [5.74, 6) is -0.0462. The summed E-state index contributed by atoms with van der Waals surface area (Å²) in [7, 11) is 0. The fraction of sp³-hybridized carbons (Fsp3) is 0.914. The van der Waals surface area contributed by atoms with Crippen LogP contribution in [0.5, 0.6) is 0 Å². The number of esters is 1. The molecular formula is C70H135NO5. The zero-order valence-corrected chi connectivity index (χ0v) is 51.5. The molecule has 2 atom stereocenters. The molecule has 450 valence electrons. The van der Waals surface area contributed by atoms with E-state index in [1.807, 2.05) is 6.08 Å². The van der Waals surface area contributed by atoms with Gasteiger partial charge < -0.3 is 20.3 Å². The first kappa shape index (κ1) is 74.3. The summed E-state index contributed by atoms with van der Waals surface area (Å²) in [6.45, 7) is 4.92. The third kappa shape index (κ3) is 61.6. The SMILES string of the molecule is CCCCCCCC/C=C\CCCCCCCCCC(=O)OCCCCCCCCCCCCCCCCCCCCCCCCCCCCCCCCC(=O)NC(CO)C(O)/C=C/CCCCCCCCCCCC. The summed E-state index contributed by atoms with van der Waals surface area (Å²) < 4.78 is 5.50. The fourth-order valence-electron chi connectivity index (χ4n) is 10.9. The van der Waals surface area contributed by atoms with E-state index >= 15 is 0 Å². The van der Waals surface area contributed by atoms with Crippen molar-refractivity contribution in [1.82, 2.24) is 5.32 Å². The van der Waals surface area contributed by atoms with Crippen LogP contribution in [0.4, 0.5) is 0 Å². The number of carbonyl (C=O) groups is 2. The van der Waals surface area contributed by atoms with Gasteiger partial charge in [-0.05, 0) is 57.8 Å². The molecule has 6 heteroatoms. The summed E-state index contributed by atoms with van der Waals surface area (Å²) in [4.78, 5) is 24.5. The molecule has 0 aromatic carbocycles. The van der Waals surface area contributed by atoms with Gasteiger partial charge in [0.15, 0.2) is 0 Å². The van der Waals surface area contributed by atoms with Crippen LogP contribution in [0, 0.1) is 0 Å². The molecule has 0 radical (unpaired) electrons. The minimum atomic E-state index is -0.840. The number of ether oxygens (including phenoxy) is 1. The number of hydrogen-bond acceptors (Lipinski definition) is 5. The lowest BCUT2D eigenvalue weighted by Gasteiger charge is -2.20. The number of allylic oxidation sites excluding steroid dienone is 3. The molecule has 0 spiro atoms. The molecular weight excluding hydrogens is 935 g/mol. The van der Waals surface area contributed by atoms with E-state index in [4.69, 9.17) is 4.74 Å². The van der Waals surface area contributed by atoms with Gasteiger partial charge in [0.05, 0.1) is 25.4 Å². The fourth-order valence-corrected chi connectivity index (χ4v) is 10.9. The van der Waals surface area contributed by atoms with Crippen molar-refractivity contribution in [2.24, 2.45) is 0 Å². The number of nitrogens with one attached hydrogen (secondary N) is 1. The number of aliphatic hydroxyl groups excluding tert-OH is 2. The smallest absolute Gasteiger partial charge is 0.305 e. The molecule has 0 heterocycles. The van der Waals surface area contributed by atoms with Crippen molar-refractivity contribution in [1.29, 1.82) is 0 Å². The predicted molar refractivity (Wildman–Crippen MR) is 333 cm³/mol. The van der Waals surface area contributed by atoms with Crippen LogP contribution in [0.2, 0.25) is 0 Å². The maximum Gasteiger partial charge on any atom is 0.305 e. The molecule has 0 rings (SSSR count). The first-order valence-corrected chi connectivity index (χ1v) is 34.6. The highest BCUT2D eigenvalue weighted by molar-refractivity contribution is 5.76. The van der Waals surface area contributed by atoms with Crippen molar-refractivity contribution in [3.8, 4) is 0 Å². The summed E-state index contributed by atoms with van der Waals surface area (Å²) in [5.41, 5.74) is 0. The molecule has 0 aliphatic rings. The molecule has 0 saturated heterocycles.